The lowest BCUT2D eigenvalue weighted by Gasteiger charge is -2.11. The number of halogens is 3. The summed E-state index contributed by atoms with van der Waals surface area (Å²) in [5.74, 6) is 0.852. The molecule has 3 nitrogen and oxygen atoms in total. The van der Waals surface area contributed by atoms with Crippen LogP contribution in [0.15, 0.2) is 23.2 Å². The molecule has 1 aliphatic heterocycles. The van der Waals surface area contributed by atoms with E-state index in [0.29, 0.717) is 10.9 Å². The quantitative estimate of drug-likeness (QED) is 0.875. The van der Waals surface area contributed by atoms with Gasteiger partial charge in [-0.1, -0.05) is 31.5 Å². The van der Waals surface area contributed by atoms with Crippen LogP contribution in [0.5, 0.6) is 0 Å². The maximum atomic E-state index is 12.9. The van der Waals surface area contributed by atoms with Crippen LogP contribution in [0.2, 0.25) is 0 Å². The third-order valence-corrected chi connectivity index (χ3v) is 4.33. The molecule has 0 amide bonds. The highest BCUT2D eigenvalue weighted by molar-refractivity contribution is 8.14. The van der Waals surface area contributed by atoms with Crippen LogP contribution in [0.3, 0.4) is 0 Å². The fourth-order valence-corrected chi connectivity index (χ4v) is 3.15. The average Bonchev–Trinajstić information content (AvgIpc) is 2.91. The molecule has 1 aliphatic rings. The molecular formula is C15H16F3N3S. The molecule has 0 spiro atoms. The van der Waals surface area contributed by atoms with Crippen molar-refractivity contribution in [3.63, 3.8) is 0 Å². The van der Waals surface area contributed by atoms with E-state index in [1.165, 1.54) is 23.9 Å². The van der Waals surface area contributed by atoms with Crippen molar-refractivity contribution in [1.29, 1.82) is 5.26 Å². The first-order chi connectivity index (χ1) is 10.4. The number of hydrogen-bond donors (Lipinski definition) is 1. The molecule has 0 bridgehead atoms. The molecule has 7 heteroatoms. The Hall–Kier alpha value is -1.68. The third-order valence-electron chi connectivity index (χ3n) is 3.30. The Labute approximate surface area is 131 Å². The largest absolute Gasteiger partial charge is 0.417 e. The van der Waals surface area contributed by atoms with E-state index in [1.807, 2.05) is 0 Å². The van der Waals surface area contributed by atoms with E-state index in [0.717, 1.165) is 31.1 Å². The summed E-state index contributed by atoms with van der Waals surface area (Å²) in [7, 11) is 0. The summed E-state index contributed by atoms with van der Waals surface area (Å²) >= 11 is 1.51. The summed E-state index contributed by atoms with van der Waals surface area (Å²) in [4.78, 5) is 4.48. The molecule has 22 heavy (non-hydrogen) atoms. The molecule has 1 N–H and O–H groups in total. The molecule has 1 atom stereocenters. The van der Waals surface area contributed by atoms with Crippen LogP contribution in [-0.2, 0) is 6.18 Å². The number of amidine groups is 1. The lowest BCUT2D eigenvalue weighted by atomic mass is 10.1. The number of thioether (sulfide) groups is 1. The minimum Gasteiger partial charge on any atom is -0.335 e. The molecule has 1 aromatic rings. The van der Waals surface area contributed by atoms with Gasteiger partial charge in [-0.3, -0.25) is 4.99 Å². The molecule has 1 aromatic carbocycles. The Bertz CT molecular complexity index is 605. The third kappa shape index (κ3) is 4.17. The Kier molecular flexibility index (Phi) is 5.35. The number of hydrogen-bond acceptors (Lipinski definition) is 4. The fraction of sp³-hybridized carbons (Fsp3) is 0.467. The Morgan fingerprint density at radius 3 is 2.86 bits per heavy atom. The second-order valence-electron chi connectivity index (χ2n) is 5.04. The lowest BCUT2D eigenvalue weighted by Crippen LogP contribution is -2.11. The zero-order valence-corrected chi connectivity index (χ0v) is 12.9. The smallest absolute Gasteiger partial charge is 0.335 e. The number of rotatable bonds is 4. The molecule has 0 saturated heterocycles. The van der Waals surface area contributed by atoms with E-state index < -0.39 is 11.7 Å². The zero-order chi connectivity index (χ0) is 16.2. The minimum absolute atomic E-state index is 0.230. The predicted octanol–water partition coefficient (Wildman–Crippen LogP) is 4.65. The van der Waals surface area contributed by atoms with Gasteiger partial charge < -0.3 is 5.32 Å². The highest BCUT2D eigenvalue weighted by Crippen LogP contribution is 2.34. The number of nitrogens with one attached hydrogen (secondary N) is 1. The molecule has 0 aliphatic carbocycles. The second kappa shape index (κ2) is 7.05. The first kappa shape index (κ1) is 16.7. The van der Waals surface area contributed by atoms with Gasteiger partial charge in [0.25, 0.3) is 0 Å². The Morgan fingerprint density at radius 2 is 2.23 bits per heavy atom. The van der Waals surface area contributed by atoms with Crippen molar-refractivity contribution in [1.82, 2.24) is 0 Å². The van der Waals surface area contributed by atoms with Crippen LogP contribution in [0.25, 0.3) is 0 Å². The van der Waals surface area contributed by atoms with Crippen molar-refractivity contribution in [3.05, 3.63) is 29.3 Å². The second-order valence-corrected chi connectivity index (χ2v) is 6.04. The van der Waals surface area contributed by atoms with Crippen LogP contribution in [0.4, 0.5) is 18.9 Å². The monoisotopic (exact) mass is 327 g/mol. The number of anilines is 1. The fourth-order valence-electron chi connectivity index (χ4n) is 2.15. The molecule has 1 heterocycles. The van der Waals surface area contributed by atoms with E-state index >= 15 is 0 Å². The van der Waals surface area contributed by atoms with Crippen molar-refractivity contribution in [2.45, 2.75) is 38.4 Å². The molecule has 1 unspecified atom stereocenters. The van der Waals surface area contributed by atoms with E-state index in [4.69, 9.17) is 5.26 Å². The van der Waals surface area contributed by atoms with Crippen molar-refractivity contribution in [2.24, 2.45) is 4.99 Å². The number of nitriles is 1. The normalized spacial score (nSPS) is 18.0. The van der Waals surface area contributed by atoms with Gasteiger partial charge in [0.2, 0.25) is 0 Å². The summed E-state index contributed by atoms with van der Waals surface area (Å²) < 4.78 is 38.7. The summed E-state index contributed by atoms with van der Waals surface area (Å²) in [6.45, 7) is 2.11. The van der Waals surface area contributed by atoms with Crippen molar-refractivity contribution >= 4 is 22.6 Å². The minimum atomic E-state index is -4.54. The maximum absolute atomic E-state index is 12.9. The van der Waals surface area contributed by atoms with Gasteiger partial charge >= 0.3 is 6.18 Å². The topological polar surface area (TPSA) is 48.2 Å². The molecule has 0 saturated carbocycles. The van der Waals surface area contributed by atoms with Crippen LogP contribution < -0.4 is 5.32 Å². The molecular weight excluding hydrogens is 311 g/mol. The van der Waals surface area contributed by atoms with Gasteiger partial charge in [0, 0.05) is 11.4 Å². The number of aliphatic imine (C=N–C) groups is 1. The highest BCUT2D eigenvalue weighted by atomic mass is 32.2. The van der Waals surface area contributed by atoms with Gasteiger partial charge in [-0.15, -0.1) is 0 Å². The van der Waals surface area contributed by atoms with Crippen molar-refractivity contribution in [3.8, 4) is 6.07 Å². The number of unbranched alkanes of at least 4 members (excludes halogenated alkanes) is 1. The zero-order valence-electron chi connectivity index (χ0n) is 12.1. The van der Waals surface area contributed by atoms with Gasteiger partial charge in [0.15, 0.2) is 5.17 Å². The molecule has 0 aromatic heterocycles. The number of benzene rings is 1. The molecule has 0 radical (unpaired) electrons. The van der Waals surface area contributed by atoms with E-state index in [9.17, 15) is 13.2 Å². The molecule has 118 valence electrons. The number of nitrogens with zero attached hydrogens (tertiary/aromatic N) is 2. The first-order valence-corrected chi connectivity index (χ1v) is 8.01. The van der Waals surface area contributed by atoms with E-state index in [-0.39, 0.29) is 11.6 Å². The predicted molar refractivity (Wildman–Crippen MR) is 83.0 cm³/mol. The highest BCUT2D eigenvalue weighted by Gasteiger charge is 2.34. The maximum Gasteiger partial charge on any atom is 0.417 e. The first-order valence-electron chi connectivity index (χ1n) is 7.03. The summed E-state index contributed by atoms with van der Waals surface area (Å²) in [6, 6.07) is 5.41. The van der Waals surface area contributed by atoms with E-state index in [1.54, 1.807) is 6.07 Å². The SMILES string of the molecule is CCCCC1CSC(Nc2ccc(C#N)c(C(F)(F)F)c2)=N1. The van der Waals surface area contributed by atoms with Gasteiger partial charge in [-0.05, 0) is 24.6 Å². The Morgan fingerprint density at radius 1 is 1.45 bits per heavy atom. The van der Waals surface area contributed by atoms with Gasteiger partial charge in [0.1, 0.15) is 0 Å². The van der Waals surface area contributed by atoms with Crippen LogP contribution >= 0.6 is 11.8 Å². The summed E-state index contributed by atoms with van der Waals surface area (Å²) in [5, 5.41) is 12.3. The van der Waals surface area contributed by atoms with Gasteiger partial charge in [0.05, 0.1) is 23.2 Å². The van der Waals surface area contributed by atoms with Gasteiger partial charge in [-0.2, -0.15) is 18.4 Å². The van der Waals surface area contributed by atoms with E-state index in [2.05, 4.69) is 17.2 Å². The number of alkyl halides is 3. The van der Waals surface area contributed by atoms with Crippen LogP contribution in [0, 0.1) is 11.3 Å². The standard InChI is InChI=1S/C15H16F3N3S/c1-2-3-4-12-9-22-14(21-12)20-11-6-5-10(8-19)13(7-11)15(16,17)18/h5-7,12H,2-4,9H2,1H3,(H,20,21). The van der Waals surface area contributed by atoms with Crippen LogP contribution in [0.1, 0.15) is 37.3 Å². The molecule has 2 rings (SSSR count). The lowest BCUT2D eigenvalue weighted by molar-refractivity contribution is -0.137. The van der Waals surface area contributed by atoms with Gasteiger partial charge in [-0.25, -0.2) is 0 Å². The van der Waals surface area contributed by atoms with Crippen LogP contribution in [-0.4, -0.2) is 17.0 Å². The summed E-state index contributed by atoms with van der Waals surface area (Å²) in [5.41, 5.74) is -1.00. The summed E-state index contributed by atoms with van der Waals surface area (Å²) in [6.07, 6.45) is -1.35. The molecule has 0 fully saturated rings. The average molecular weight is 327 g/mol. The van der Waals surface area contributed by atoms with Crippen molar-refractivity contribution < 1.29 is 13.2 Å². The van der Waals surface area contributed by atoms with Crippen molar-refractivity contribution in [2.75, 3.05) is 11.1 Å². The Balaban J connectivity index is 2.13.